The van der Waals surface area contributed by atoms with Crippen molar-refractivity contribution in [3.05, 3.63) is 59.7 Å². The van der Waals surface area contributed by atoms with Crippen molar-refractivity contribution >= 4 is 5.69 Å². The third kappa shape index (κ3) is 2.09. The summed E-state index contributed by atoms with van der Waals surface area (Å²) in [7, 11) is 1.74. The Bertz CT molecular complexity index is 696. The highest BCUT2D eigenvalue weighted by atomic mass is 16.5. The SMILES string of the molecule is COc1cccc(C[C@H]2CC[C@]3(C)Cc4ccccc4N23)c1. The van der Waals surface area contributed by atoms with Gasteiger partial charge in [0.25, 0.3) is 0 Å². The molecule has 0 radical (unpaired) electrons. The minimum Gasteiger partial charge on any atom is -0.497 e. The average molecular weight is 293 g/mol. The molecule has 2 nitrogen and oxygen atoms in total. The molecule has 1 fully saturated rings. The molecule has 2 aromatic carbocycles. The van der Waals surface area contributed by atoms with Gasteiger partial charge in [-0.2, -0.15) is 0 Å². The van der Waals surface area contributed by atoms with Gasteiger partial charge in [0.2, 0.25) is 0 Å². The first-order valence-corrected chi connectivity index (χ1v) is 8.20. The van der Waals surface area contributed by atoms with E-state index in [1.165, 1.54) is 36.1 Å². The van der Waals surface area contributed by atoms with E-state index in [2.05, 4.69) is 54.3 Å². The molecule has 2 heterocycles. The largest absolute Gasteiger partial charge is 0.497 e. The molecule has 2 atom stereocenters. The minimum absolute atomic E-state index is 0.313. The van der Waals surface area contributed by atoms with Crippen molar-refractivity contribution in [2.45, 2.75) is 44.2 Å². The van der Waals surface area contributed by atoms with Gasteiger partial charge in [0.05, 0.1) is 7.11 Å². The van der Waals surface area contributed by atoms with Crippen LogP contribution in [-0.2, 0) is 12.8 Å². The normalized spacial score (nSPS) is 25.9. The first-order chi connectivity index (χ1) is 10.7. The monoisotopic (exact) mass is 293 g/mol. The summed E-state index contributed by atoms with van der Waals surface area (Å²) in [4.78, 5) is 2.70. The number of para-hydroxylation sites is 1. The van der Waals surface area contributed by atoms with E-state index in [1.54, 1.807) is 7.11 Å². The van der Waals surface area contributed by atoms with Gasteiger partial charge < -0.3 is 9.64 Å². The number of fused-ring (bicyclic) bond motifs is 3. The van der Waals surface area contributed by atoms with Crippen LogP contribution in [0.5, 0.6) is 5.75 Å². The molecule has 2 aliphatic heterocycles. The van der Waals surface area contributed by atoms with Crippen LogP contribution in [0.1, 0.15) is 30.9 Å². The van der Waals surface area contributed by atoms with E-state index >= 15 is 0 Å². The molecule has 0 saturated carbocycles. The van der Waals surface area contributed by atoms with E-state index in [0.717, 1.165) is 12.2 Å². The summed E-state index contributed by atoms with van der Waals surface area (Å²) in [6.45, 7) is 2.43. The first-order valence-electron chi connectivity index (χ1n) is 8.20. The standard InChI is InChI=1S/C20H23NO/c1-20-11-10-17(12-15-6-5-8-18(13-15)22-2)21(20)19-9-4-3-7-16(19)14-20/h3-9,13,17H,10-12,14H2,1-2H3/t17-,20-/m1/s1. The maximum atomic E-state index is 5.37. The predicted octanol–water partition coefficient (Wildman–Crippen LogP) is 4.22. The molecule has 2 aliphatic rings. The second-order valence-electron chi connectivity index (χ2n) is 6.92. The van der Waals surface area contributed by atoms with Gasteiger partial charge in [0.15, 0.2) is 0 Å². The zero-order valence-electron chi connectivity index (χ0n) is 13.4. The van der Waals surface area contributed by atoms with Crippen molar-refractivity contribution in [2.24, 2.45) is 0 Å². The summed E-state index contributed by atoms with van der Waals surface area (Å²) < 4.78 is 5.37. The maximum absolute atomic E-state index is 5.37. The maximum Gasteiger partial charge on any atom is 0.119 e. The lowest BCUT2D eigenvalue weighted by Crippen LogP contribution is -2.43. The fourth-order valence-corrected chi connectivity index (χ4v) is 4.40. The van der Waals surface area contributed by atoms with E-state index < -0.39 is 0 Å². The van der Waals surface area contributed by atoms with Gasteiger partial charge in [-0.1, -0.05) is 30.3 Å². The zero-order valence-corrected chi connectivity index (χ0v) is 13.4. The third-order valence-corrected chi connectivity index (χ3v) is 5.39. The topological polar surface area (TPSA) is 12.5 Å². The van der Waals surface area contributed by atoms with Crippen molar-refractivity contribution in [3.63, 3.8) is 0 Å². The van der Waals surface area contributed by atoms with Gasteiger partial charge in [0, 0.05) is 17.3 Å². The molecule has 4 rings (SSSR count). The molecule has 22 heavy (non-hydrogen) atoms. The number of hydrogen-bond donors (Lipinski definition) is 0. The number of hydrogen-bond acceptors (Lipinski definition) is 2. The highest BCUT2D eigenvalue weighted by Gasteiger charge is 2.47. The Morgan fingerprint density at radius 2 is 2.05 bits per heavy atom. The van der Waals surface area contributed by atoms with Crippen LogP contribution in [0.15, 0.2) is 48.5 Å². The Kier molecular flexibility index (Phi) is 3.14. The Morgan fingerprint density at radius 3 is 2.91 bits per heavy atom. The zero-order chi connectivity index (χ0) is 15.2. The fourth-order valence-electron chi connectivity index (χ4n) is 4.40. The summed E-state index contributed by atoms with van der Waals surface area (Å²) in [6.07, 6.45) is 4.86. The molecule has 2 aromatic rings. The van der Waals surface area contributed by atoms with Crippen LogP contribution in [0.2, 0.25) is 0 Å². The Morgan fingerprint density at radius 1 is 1.18 bits per heavy atom. The molecule has 0 bridgehead atoms. The van der Waals surface area contributed by atoms with Crippen LogP contribution in [0.3, 0.4) is 0 Å². The van der Waals surface area contributed by atoms with Crippen molar-refractivity contribution in [1.82, 2.24) is 0 Å². The lowest BCUT2D eigenvalue weighted by molar-refractivity contribution is 0.414. The van der Waals surface area contributed by atoms with E-state index in [9.17, 15) is 0 Å². The Hall–Kier alpha value is -1.96. The molecule has 0 spiro atoms. The van der Waals surface area contributed by atoms with Crippen LogP contribution in [0.4, 0.5) is 5.69 Å². The number of ether oxygens (including phenoxy) is 1. The lowest BCUT2D eigenvalue weighted by Gasteiger charge is -2.34. The second-order valence-corrected chi connectivity index (χ2v) is 6.92. The van der Waals surface area contributed by atoms with Gasteiger partial charge >= 0.3 is 0 Å². The Balaban J connectivity index is 1.63. The van der Waals surface area contributed by atoms with E-state index in [-0.39, 0.29) is 0 Å². The van der Waals surface area contributed by atoms with Gasteiger partial charge in [-0.05, 0) is 61.9 Å². The predicted molar refractivity (Wildman–Crippen MR) is 90.8 cm³/mol. The molecule has 0 amide bonds. The van der Waals surface area contributed by atoms with Crippen LogP contribution < -0.4 is 9.64 Å². The molecule has 0 aromatic heterocycles. The fraction of sp³-hybridized carbons (Fsp3) is 0.400. The lowest BCUT2D eigenvalue weighted by atomic mass is 9.94. The van der Waals surface area contributed by atoms with Gasteiger partial charge in [-0.3, -0.25) is 0 Å². The van der Waals surface area contributed by atoms with Gasteiger partial charge in [0.1, 0.15) is 5.75 Å². The highest BCUT2D eigenvalue weighted by Crippen LogP contribution is 2.48. The van der Waals surface area contributed by atoms with Crippen molar-refractivity contribution < 1.29 is 4.74 Å². The smallest absolute Gasteiger partial charge is 0.119 e. The van der Waals surface area contributed by atoms with E-state index in [0.29, 0.717) is 11.6 Å². The summed E-state index contributed by atoms with van der Waals surface area (Å²) in [5.41, 5.74) is 4.65. The van der Waals surface area contributed by atoms with Crippen LogP contribution in [0.25, 0.3) is 0 Å². The number of anilines is 1. The van der Waals surface area contributed by atoms with Crippen molar-refractivity contribution in [1.29, 1.82) is 0 Å². The molecule has 0 aliphatic carbocycles. The molecule has 1 saturated heterocycles. The molecular formula is C20H23NO. The molecule has 114 valence electrons. The van der Waals surface area contributed by atoms with E-state index in [4.69, 9.17) is 4.74 Å². The van der Waals surface area contributed by atoms with Crippen LogP contribution >= 0.6 is 0 Å². The summed E-state index contributed by atoms with van der Waals surface area (Å²) >= 11 is 0. The summed E-state index contributed by atoms with van der Waals surface area (Å²) in [5, 5.41) is 0. The van der Waals surface area contributed by atoms with Gasteiger partial charge in [-0.25, -0.2) is 0 Å². The number of methoxy groups -OCH3 is 1. The third-order valence-electron chi connectivity index (χ3n) is 5.39. The van der Waals surface area contributed by atoms with Crippen LogP contribution in [0, 0.1) is 0 Å². The van der Waals surface area contributed by atoms with Gasteiger partial charge in [-0.15, -0.1) is 0 Å². The summed E-state index contributed by atoms with van der Waals surface area (Å²) in [6, 6.07) is 18.0. The second kappa shape index (κ2) is 5.05. The minimum atomic E-state index is 0.313. The molecule has 0 N–H and O–H groups in total. The molecular weight excluding hydrogens is 270 g/mol. The highest BCUT2D eigenvalue weighted by molar-refractivity contribution is 5.63. The molecule has 2 heteroatoms. The van der Waals surface area contributed by atoms with Crippen molar-refractivity contribution in [3.8, 4) is 5.75 Å². The first kappa shape index (κ1) is 13.7. The Labute approximate surface area is 132 Å². The number of rotatable bonds is 3. The summed E-state index contributed by atoms with van der Waals surface area (Å²) in [5.74, 6) is 0.958. The van der Waals surface area contributed by atoms with Crippen molar-refractivity contribution in [2.75, 3.05) is 12.0 Å². The van der Waals surface area contributed by atoms with Crippen LogP contribution in [-0.4, -0.2) is 18.7 Å². The molecule has 0 unspecified atom stereocenters. The number of nitrogens with zero attached hydrogens (tertiary/aromatic N) is 1. The van der Waals surface area contributed by atoms with E-state index in [1.807, 2.05) is 6.07 Å². The number of benzene rings is 2. The average Bonchev–Trinajstić information content (AvgIpc) is 3.00. The quantitative estimate of drug-likeness (QED) is 0.840.